The molecule has 1 aromatic heterocycles. The summed E-state index contributed by atoms with van der Waals surface area (Å²) in [7, 11) is 1.16. The summed E-state index contributed by atoms with van der Waals surface area (Å²) in [6, 6.07) is 12.0. The molecular weight excluding hydrogens is 396 g/mol. The highest BCUT2D eigenvalue weighted by Gasteiger charge is 2.35. The fourth-order valence-electron chi connectivity index (χ4n) is 2.76. The van der Waals surface area contributed by atoms with Gasteiger partial charge in [0.15, 0.2) is 11.6 Å². The van der Waals surface area contributed by atoms with Gasteiger partial charge in [-0.1, -0.05) is 35.0 Å². The zero-order chi connectivity index (χ0) is 21.0. The molecule has 0 aliphatic rings. The lowest BCUT2D eigenvalue weighted by Crippen LogP contribution is -2.34. The molecule has 0 radical (unpaired) electrons. The summed E-state index contributed by atoms with van der Waals surface area (Å²) in [6.45, 7) is 1.72. The first-order valence-electron chi connectivity index (χ1n) is 8.54. The number of nitrogens with one attached hydrogen (secondary N) is 1. The lowest BCUT2D eigenvalue weighted by molar-refractivity contribution is -0.141. The zero-order valence-corrected chi connectivity index (χ0v) is 16.3. The Bertz CT molecular complexity index is 1120. The minimum Gasteiger partial charge on any atom is -0.468 e. The van der Waals surface area contributed by atoms with Gasteiger partial charge in [-0.05, 0) is 36.8 Å². The number of aromatic nitrogens is 2. The van der Waals surface area contributed by atoms with Crippen molar-refractivity contribution in [2.24, 2.45) is 5.16 Å². The lowest BCUT2D eigenvalue weighted by atomic mass is 9.98. The van der Waals surface area contributed by atoms with E-state index in [-0.39, 0.29) is 5.69 Å². The summed E-state index contributed by atoms with van der Waals surface area (Å²) < 4.78 is 4.81. The molecule has 29 heavy (non-hydrogen) atoms. The number of methoxy groups -OCH3 is 1. The smallest absolute Gasteiger partial charge is 0.321 e. The molecule has 0 aliphatic heterocycles. The van der Waals surface area contributed by atoms with Crippen molar-refractivity contribution in [3.63, 3.8) is 0 Å². The highest BCUT2D eigenvalue weighted by atomic mass is 35.5. The van der Waals surface area contributed by atoms with Crippen molar-refractivity contribution in [3.8, 4) is 0 Å². The molecule has 2 aromatic carbocycles. The van der Waals surface area contributed by atoms with Gasteiger partial charge in [0.05, 0.1) is 30.0 Å². The fraction of sp³-hybridized carbons (Fsp3) is 0.150. The standard InChI is InChI=1S/C20H17ClN4O4/c1-11-12(21)6-5-9-13(11)24-19(26)18(25-28)17(20(27)29-2)16-10-22-14-7-3-4-8-15(14)23-16/h3-10,17,28H,1-2H3,(H,24,26)/b25-18-. The molecule has 0 fully saturated rings. The van der Waals surface area contributed by atoms with Gasteiger partial charge in [0.25, 0.3) is 5.91 Å². The summed E-state index contributed by atoms with van der Waals surface area (Å²) in [4.78, 5) is 33.9. The van der Waals surface area contributed by atoms with Crippen LogP contribution in [0.1, 0.15) is 17.2 Å². The molecule has 0 saturated carbocycles. The molecule has 0 spiro atoms. The normalized spacial score (nSPS) is 12.4. The van der Waals surface area contributed by atoms with Gasteiger partial charge in [-0.3, -0.25) is 14.6 Å². The number of rotatable bonds is 5. The highest BCUT2D eigenvalue weighted by molar-refractivity contribution is 6.47. The first-order chi connectivity index (χ1) is 14.0. The van der Waals surface area contributed by atoms with Crippen molar-refractivity contribution in [1.82, 2.24) is 9.97 Å². The number of carbonyl (C=O) groups is 2. The first kappa shape index (κ1) is 20.2. The van der Waals surface area contributed by atoms with Crippen LogP contribution in [0.2, 0.25) is 5.02 Å². The summed E-state index contributed by atoms with van der Waals surface area (Å²) >= 11 is 6.07. The van der Waals surface area contributed by atoms with E-state index < -0.39 is 23.5 Å². The Morgan fingerprint density at radius 1 is 1.17 bits per heavy atom. The van der Waals surface area contributed by atoms with Crippen LogP contribution in [0.15, 0.2) is 53.8 Å². The van der Waals surface area contributed by atoms with Gasteiger partial charge in [-0.2, -0.15) is 0 Å². The van der Waals surface area contributed by atoms with E-state index in [2.05, 4.69) is 20.4 Å². The van der Waals surface area contributed by atoms with Gasteiger partial charge < -0.3 is 15.3 Å². The van der Waals surface area contributed by atoms with Crippen LogP contribution in [0.25, 0.3) is 11.0 Å². The van der Waals surface area contributed by atoms with E-state index in [4.69, 9.17) is 16.3 Å². The van der Waals surface area contributed by atoms with E-state index in [1.807, 2.05) is 0 Å². The van der Waals surface area contributed by atoms with Gasteiger partial charge in [-0.25, -0.2) is 4.98 Å². The van der Waals surface area contributed by atoms with Gasteiger partial charge in [0.2, 0.25) is 0 Å². The van der Waals surface area contributed by atoms with Gasteiger partial charge in [0.1, 0.15) is 0 Å². The minimum absolute atomic E-state index is 0.112. The number of halogens is 1. The average molecular weight is 413 g/mol. The number of nitrogens with zero attached hydrogens (tertiary/aromatic N) is 3. The maximum atomic E-state index is 12.8. The number of hydrogen-bond acceptors (Lipinski definition) is 7. The third-order valence-corrected chi connectivity index (χ3v) is 4.74. The minimum atomic E-state index is -1.37. The van der Waals surface area contributed by atoms with E-state index in [1.165, 1.54) is 6.20 Å². The summed E-state index contributed by atoms with van der Waals surface area (Å²) in [5, 5.41) is 15.7. The number of para-hydroxylation sites is 2. The van der Waals surface area contributed by atoms with Crippen LogP contribution < -0.4 is 5.32 Å². The van der Waals surface area contributed by atoms with Crippen molar-refractivity contribution in [2.45, 2.75) is 12.8 Å². The van der Waals surface area contributed by atoms with Crippen LogP contribution in [-0.2, 0) is 14.3 Å². The van der Waals surface area contributed by atoms with Crippen molar-refractivity contribution in [1.29, 1.82) is 0 Å². The second kappa shape index (κ2) is 8.66. The molecule has 8 nitrogen and oxygen atoms in total. The lowest BCUT2D eigenvalue weighted by Gasteiger charge is -2.16. The van der Waals surface area contributed by atoms with Crippen LogP contribution >= 0.6 is 11.6 Å². The number of esters is 1. The molecule has 1 atom stereocenters. The Labute approximate surface area is 171 Å². The molecule has 0 aliphatic carbocycles. The number of oxime groups is 1. The summed E-state index contributed by atoms with van der Waals surface area (Å²) in [5.41, 5.74) is 1.79. The molecule has 1 amide bonds. The third-order valence-electron chi connectivity index (χ3n) is 4.33. The van der Waals surface area contributed by atoms with E-state index in [0.717, 1.165) is 7.11 Å². The second-order valence-corrected chi connectivity index (χ2v) is 6.50. The Kier molecular flexibility index (Phi) is 6.04. The number of fused-ring (bicyclic) bond motifs is 1. The zero-order valence-electron chi connectivity index (χ0n) is 15.6. The van der Waals surface area contributed by atoms with Crippen LogP contribution in [-0.4, -0.2) is 39.9 Å². The number of ether oxygens (including phenoxy) is 1. The number of anilines is 1. The Hall–Kier alpha value is -3.52. The Morgan fingerprint density at radius 2 is 1.90 bits per heavy atom. The SMILES string of the molecule is COC(=O)C(/C(=N/O)C(=O)Nc1cccc(Cl)c1C)c1cnc2ccccc2n1. The predicted octanol–water partition coefficient (Wildman–Crippen LogP) is 3.32. The molecule has 2 N–H and O–H groups in total. The van der Waals surface area contributed by atoms with Crippen LogP contribution in [0, 0.1) is 6.92 Å². The summed E-state index contributed by atoms with van der Waals surface area (Å²) in [5.74, 6) is -3.00. The number of carbonyl (C=O) groups excluding carboxylic acids is 2. The maximum absolute atomic E-state index is 12.8. The fourth-order valence-corrected chi connectivity index (χ4v) is 2.94. The second-order valence-electron chi connectivity index (χ2n) is 6.09. The molecule has 1 heterocycles. The Morgan fingerprint density at radius 3 is 2.59 bits per heavy atom. The van der Waals surface area contributed by atoms with Crippen LogP contribution in [0.4, 0.5) is 5.69 Å². The van der Waals surface area contributed by atoms with Crippen molar-refractivity contribution >= 4 is 45.9 Å². The van der Waals surface area contributed by atoms with Gasteiger partial charge in [-0.15, -0.1) is 0 Å². The van der Waals surface area contributed by atoms with Crippen molar-refractivity contribution in [3.05, 3.63) is 64.9 Å². The van der Waals surface area contributed by atoms with E-state index in [1.54, 1.807) is 49.4 Å². The van der Waals surface area contributed by atoms with Crippen LogP contribution in [0.5, 0.6) is 0 Å². The number of amides is 1. The van der Waals surface area contributed by atoms with E-state index in [0.29, 0.717) is 27.3 Å². The summed E-state index contributed by atoms with van der Waals surface area (Å²) in [6.07, 6.45) is 1.34. The van der Waals surface area contributed by atoms with Gasteiger partial charge in [0, 0.05) is 10.7 Å². The first-order valence-corrected chi connectivity index (χ1v) is 8.92. The predicted molar refractivity (Wildman–Crippen MR) is 108 cm³/mol. The van der Waals surface area contributed by atoms with Gasteiger partial charge >= 0.3 is 5.97 Å². The quantitative estimate of drug-likeness (QED) is 0.287. The molecule has 148 valence electrons. The molecule has 9 heteroatoms. The topological polar surface area (TPSA) is 114 Å². The Balaban J connectivity index is 2.00. The van der Waals surface area contributed by atoms with Crippen LogP contribution in [0.3, 0.4) is 0 Å². The number of benzene rings is 2. The van der Waals surface area contributed by atoms with Crippen molar-refractivity contribution in [2.75, 3.05) is 12.4 Å². The van der Waals surface area contributed by atoms with E-state index >= 15 is 0 Å². The van der Waals surface area contributed by atoms with Crippen molar-refractivity contribution < 1.29 is 19.5 Å². The monoisotopic (exact) mass is 412 g/mol. The maximum Gasteiger partial charge on any atom is 0.321 e. The highest BCUT2D eigenvalue weighted by Crippen LogP contribution is 2.25. The average Bonchev–Trinajstić information content (AvgIpc) is 2.74. The molecule has 3 rings (SSSR count). The molecule has 1 unspecified atom stereocenters. The molecule has 3 aromatic rings. The molecule has 0 bridgehead atoms. The molecular formula is C20H17ClN4O4. The third kappa shape index (κ3) is 4.17. The van der Waals surface area contributed by atoms with E-state index in [9.17, 15) is 14.8 Å². The number of hydrogen-bond donors (Lipinski definition) is 2. The molecule has 0 saturated heterocycles. The largest absolute Gasteiger partial charge is 0.468 e.